The van der Waals surface area contributed by atoms with Gasteiger partial charge in [0, 0.05) is 19.6 Å². The summed E-state index contributed by atoms with van der Waals surface area (Å²) in [5.74, 6) is 0.692. The minimum Gasteiger partial charge on any atom is -0.384 e. The zero-order valence-electron chi connectivity index (χ0n) is 8.79. The number of hydrogen-bond acceptors (Lipinski definition) is 3. The van der Waals surface area contributed by atoms with Crippen LogP contribution in [0.4, 0.5) is 0 Å². The molecule has 0 aromatic carbocycles. The fourth-order valence-corrected chi connectivity index (χ4v) is 1.91. The third-order valence-electron chi connectivity index (χ3n) is 2.77. The van der Waals surface area contributed by atoms with E-state index in [0.29, 0.717) is 25.0 Å². The average Bonchev–Trinajstić information content (AvgIpc) is 2.62. The van der Waals surface area contributed by atoms with Gasteiger partial charge in [-0.2, -0.15) is 0 Å². The van der Waals surface area contributed by atoms with Gasteiger partial charge >= 0.3 is 0 Å². The van der Waals surface area contributed by atoms with Crippen LogP contribution in [0.3, 0.4) is 0 Å². The van der Waals surface area contributed by atoms with Crippen LogP contribution >= 0.6 is 0 Å². The SMILES string of the molecule is COCCC(=O)NC1CCC(CN)C1. The molecule has 2 atom stereocenters. The quantitative estimate of drug-likeness (QED) is 0.669. The van der Waals surface area contributed by atoms with Crippen molar-refractivity contribution in [2.75, 3.05) is 20.3 Å². The number of carbonyl (C=O) groups is 1. The van der Waals surface area contributed by atoms with E-state index >= 15 is 0 Å². The Balaban J connectivity index is 2.15. The molecule has 1 fully saturated rings. The molecule has 0 aromatic rings. The van der Waals surface area contributed by atoms with Gasteiger partial charge in [-0.15, -0.1) is 0 Å². The fraction of sp³-hybridized carbons (Fsp3) is 0.900. The highest BCUT2D eigenvalue weighted by Gasteiger charge is 2.24. The van der Waals surface area contributed by atoms with Crippen molar-refractivity contribution >= 4 is 5.91 Å². The molecule has 0 aliphatic heterocycles. The molecule has 0 saturated heterocycles. The van der Waals surface area contributed by atoms with Crippen molar-refractivity contribution < 1.29 is 9.53 Å². The Morgan fingerprint density at radius 3 is 2.93 bits per heavy atom. The molecule has 1 saturated carbocycles. The number of nitrogens with two attached hydrogens (primary N) is 1. The van der Waals surface area contributed by atoms with E-state index in [1.807, 2.05) is 0 Å². The van der Waals surface area contributed by atoms with Crippen molar-refractivity contribution in [1.29, 1.82) is 0 Å². The normalized spacial score (nSPS) is 26.4. The highest BCUT2D eigenvalue weighted by atomic mass is 16.5. The molecular formula is C10H20N2O2. The Hall–Kier alpha value is -0.610. The van der Waals surface area contributed by atoms with Crippen molar-refractivity contribution in [3.8, 4) is 0 Å². The average molecular weight is 200 g/mol. The fourth-order valence-electron chi connectivity index (χ4n) is 1.91. The van der Waals surface area contributed by atoms with Gasteiger partial charge in [-0.05, 0) is 31.7 Å². The Kier molecular flexibility index (Phi) is 4.90. The number of methoxy groups -OCH3 is 1. The molecule has 2 unspecified atom stereocenters. The Labute approximate surface area is 85.2 Å². The highest BCUT2D eigenvalue weighted by Crippen LogP contribution is 2.24. The third kappa shape index (κ3) is 3.64. The van der Waals surface area contributed by atoms with Crippen molar-refractivity contribution in [3.05, 3.63) is 0 Å². The van der Waals surface area contributed by atoms with Crippen LogP contribution in [0.1, 0.15) is 25.7 Å². The van der Waals surface area contributed by atoms with Crippen molar-refractivity contribution in [1.82, 2.24) is 5.32 Å². The summed E-state index contributed by atoms with van der Waals surface area (Å²) in [5, 5.41) is 3.00. The summed E-state index contributed by atoms with van der Waals surface area (Å²) in [7, 11) is 1.60. The monoisotopic (exact) mass is 200 g/mol. The zero-order valence-corrected chi connectivity index (χ0v) is 8.79. The van der Waals surface area contributed by atoms with Gasteiger partial charge in [-0.3, -0.25) is 4.79 Å². The Morgan fingerprint density at radius 2 is 2.36 bits per heavy atom. The maximum atomic E-state index is 11.3. The van der Waals surface area contributed by atoms with E-state index in [-0.39, 0.29) is 5.91 Å². The molecular weight excluding hydrogens is 180 g/mol. The summed E-state index contributed by atoms with van der Waals surface area (Å²) in [6, 6.07) is 0.341. The van der Waals surface area contributed by atoms with Crippen molar-refractivity contribution in [2.24, 2.45) is 11.7 Å². The molecule has 1 amide bonds. The van der Waals surface area contributed by atoms with E-state index in [1.54, 1.807) is 7.11 Å². The van der Waals surface area contributed by atoms with Gasteiger partial charge in [0.1, 0.15) is 0 Å². The van der Waals surface area contributed by atoms with Gasteiger partial charge in [-0.1, -0.05) is 0 Å². The van der Waals surface area contributed by atoms with Gasteiger partial charge in [0.2, 0.25) is 5.91 Å². The van der Waals surface area contributed by atoms with Crippen LogP contribution < -0.4 is 11.1 Å². The maximum Gasteiger partial charge on any atom is 0.222 e. The van der Waals surface area contributed by atoms with Gasteiger partial charge in [-0.25, -0.2) is 0 Å². The molecule has 1 aliphatic carbocycles. The predicted molar refractivity (Wildman–Crippen MR) is 54.8 cm³/mol. The summed E-state index contributed by atoms with van der Waals surface area (Å²) < 4.78 is 4.84. The lowest BCUT2D eigenvalue weighted by molar-refractivity contribution is -0.122. The largest absolute Gasteiger partial charge is 0.384 e. The second-order valence-electron chi connectivity index (χ2n) is 3.92. The van der Waals surface area contributed by atoms with Crippen LogP contribution in [0.25, 0.3) is 0 Å². The van der Waals surface area contributed by atoms with E-state index in [4.69, 9.17) is 10.5 Å². The minimum atomic E-state index is 0.0921. The van der Waals surface area contributed by atoms with Gasteiger partial charge in [0.15, 0.2) is 0 Å². The number of carbonyl (C=O) groups excluding carboxylic acids is 1. The molecule has 0 aromatic heterocycles. The van der Waals surface area contributed by atoms with Crippen LogP contribution in [0.5, 0.6) is 0 Å². The molecule has 0 bridgehead atoms. The van der Waals surface area contributed by atoms with E-state index in [0.717, 1.165) is 25.8 Å². The van der Waals surface area contributed by atoms with E-state index in [1.165, 1.54) is 0 Å². The number of rotatable bonds is 5. The van der Waals surface area contributed by atoms with Gasteiger partial charge in [0.05, 0.1) is 6.61 Å². The third-order valence-corrected chi connectivity index (χ3v) is 2.77. The lowest BCUT2D eigenvalue weighted by Crippen LogP contribution is -2.33. The van der Waals surface area contributed by atoms with Crippen LogP contribution in [-0.2, 0) is 9.53 Å². The molecule has 4 nitrogen and oxygen atoms in total. The molecule has 1 rings (SSSR count). The van der Waals surface area contributed by atoms with Crippen LogP contribution in [0.15, 0.2) is 0 Å². The second-order valence-corrected chi connectivity index (χ2v) is 3.92. The first-order chi connectivity index (χ1) is 6.76. The number of ether oxygens (including phenoxy) is 1. The summed E-state index contributed by atoms with van der Waals surface area (Å²) in [6.45, 7) is 1.24. The molecule has 3 N–H and O–H groups in total. The first-order valence-corrected chi connectivity index (χ1v) is 5.24. The van der Waals surface area contributed by atoms with Crippen LogP contribution in [-0.4, -0.2) is 32.2 Å². The van der Waals surface area contributed by atoms with E-state index in [2.05, 4.69) is 5.32 Å². The molecule has 4 heteroatoms. The smallest absolute Gasteiger partial charge is 0.222 e. The molecule has 1 aliphatic rings. The molecule has 14 heavy (non-hydrogen) atoms. The summed E-state index contributed by atoms with van der Waals surface area (Å²) in [6.07, 6.45) is 3.71. The molecule has 0 radical (unpaired) electrons. The number of nitrogens with one attached hydrogen (secondary N) is 1. The number of amides is 1. The van der Waals surface area contributed by atoms with Crippen molar-refractivity contribution in [2.45, 2.75) is 31.7 Å². The minimum absolute atomic E-state index is 0.0921. The topological polar surface area (TPSA) is 64.3 Å². The zero-order chi connectivity index (χ0) is 10.4. The second kappa shape index (κ2) is 5.98. The lowest BCUT2D eigenvalue weighted by Gasteiger charge is -2.12. The lowest BCUT2D eigenvalue weighted by atomic mass is 10.1. The van der Waals surface area contributed by atoms with E-state index < -0.39 is 0 Å². The van der Waals surface area contributed by atoms with Crippen molar-refractivity contribution in [3.63, 3.8) is 0 Å². The summed E-state index contributed by atoms with van der Waals surface area (Å²) in [4.78, 5) is 11.3. The summed E-state index contributed by atoms with van der Waals surface area (Å²) in [5.41, 5.74) is 5.57. The predicted octanol–water partition coefficient (Wildman–Crippen LogP) is 0.267. The van der Waals surface area contributed by atoms with Gasteiger partial charge in [0.25, 0.3) is 0 Å². The Morgan fingerprint density at radius 1 is 1.57 bits per heavy atom. The van der Waals surface area contributed by atoms with Crippen LogP contribution in [0.2, 0.25) is 0 Å². The summed E-state index contributed by atoms with van der Waals surface area (Å²) >= 11 is 0. The van der Waals surface area contributed by atoms with E-state index in [9.17, 15) is 4.79 Å². The molecule has 0 spiro atoms. The van der Waals surface area contributed by atoms with Crippen LogP contribution in [0, 0.1) is 5.92 Å². The number of hydrogen-bond donors (Lipinski definition) is 2. The first-order valence-electron chi connectivity index (χ1n) is 5.24. The molecule has 82 valence electrons. The van der Waals surface area contributed by atoms with Gasteiger partial charge < -0.3 is 15.8 Å². The first kappa shape index (κ1) is 11.5. The Bertz CT molecular complexity index is 185. The highest BCUT2D eigenvalue weighted by molar-refractivity contribution is 5.76. The standard InChI is InChI=1S/C10H20N2O2/c1-14-5-4-10(13)12-9-3-2-8(6-9)7-11/h8-9H,2-7,11H2,1H3,(H,12,13). The molecule has 0 heterocycles. The maximum absolute atomic E-state index is 11.3.